The summed E-state index contributed by atoms with van der Waals surface area (Å²) in [5.41, 5.74) is 0.760. The van der Waals surface area contributed by atoms with Gasteiger partial charge in [-0.3, -0.25) is 0 Å². The van der Waals surface area contributed by atoms with E-state index in [2.05, 4.69) is 0 Å². The molecule has 0 saturated carbocycles. The number of hydrogen-bond donors (Lipinski definition) is 0. The number of carbonyl (C=O) groups is 3. The topological polar surface area (TPSA) is 112 Å². The van der Waals surface area contributed by atoms with Gasteiger partial charge in [-0.1, -0.05) is 54.6 Å². The number of rotatable bonds is 6. The lowest BCUT2D eigenvalue weighted by molar-refractivity contribution is -0.175. The SMILES string of the molecule is N#C[C@@H]1OC[C@@H](OC(=O)c2ccccc2)[C@@H](OC(=O)c2ccccc2)[C@H]1OC(=O)c1ccccc1. The molecule has 4 rings (SSSR count). The summed E-state index contributed by atoms with van der Waals surface area (Å²) in [5, 5.41) is 9.65. The average Bonchev–Trinajstić information content (AvgIpc) is 2.91. The molecule has 3 aromatic rings. The second kappa shape index (κ2) is 11.1. The van der Waals surface area contributed by atoms with E-state index in [1.807, 2.05) is 6.07 Å². The third kappa shape index (κ3) is 5.72. The van der Waals surface area contributed by atoms with Crippen LogP contribution in [0.5, 0.6) is 0 Å². The molecule has 0 aromatic heterocycles. The molecule has 0 amide bonds. The lowest BCUT2D eigenvalue weighted by atomic mass is 9.99. The molecule has 1 aliphatic rings. The first kappa shape index (κ1) is 23.7. The zero-order chi connectivity index (χ0) is 24.6. The molecule has 8 nitrogen and oxygen atoms in total. The molecule has 3 aromatic carbocycles. The van der Waals surface area contributed by atoms with Crippen LogP contribution < -0.4 is 0 Å². The van der Waals surface area contributed by atoms with Gasteiger partial charge in [-0.05, 0) is 36.4 Å². The molecule has 8 heteroatoms. The second-order valence-electron chi connectivity index (χ2n) is 7.66. The van der Waals surface area contributed by atoms with E-state index in [1.54, 1.807) is 91.0 Å². The van der Waals surface area contributed by atoms with E-state index in [1.165, 1.54) is 0 Å². The number of esters is 3. The number of hydrogen-bond acceptors (Lipinski definition) is 8. The normalized spacial score (nSPS) is 21.2. The minimum atomic E-state index is -1.34. The Morgan fingerprint density at radius 3 is 1.49 bits per heavy atom. The van der Waals surface area contributed by atoms with E-state index in [9.17, 15) is 19.6 Å². The minimum Gasteiger partial charge on any atom is -0.452 e. The first-order valence-corrected chi connectivity index (χ1v) is 10.9. The van der Waals surface area contributed by atoms with Crippen molar-refractivity contribution in [3.8, 4) is 6.07 Å². The van der Waals surface area contributed by atoms with Crippen LogP contribution in [0, 0.1) is 11.3 Å². The van der Waals surface area contributed by atoms with Gasteiger partial charge < -0.3 is 18.9 Å². The number of ether oxygens (including phenoxy) is 4. The van der Waals surface area contributed by atoms with Gasteiger partial charge in [-0.15, -0.1) is 0 Å². The van der Waals surface area contributed by atoms with Gasteiger partial charge in [0.2, 0.25) is 0 Å². The molecule has 0 spiro atoms. The van der Waals surface area contributed by atoms with Crippen LogP contribution >= 0.6 is 0 Å². The molecule has 0 bridgehead atoms. The fourth-order valence-electron chi connectivity index (χ4n) is 3.57. The fourth-order valence-corrected chi connectivity index (χ4v) is 3.57. The Morgan fingerprint density at radius 1 is 0.657 bits per heavy atom. The highest BCUT2D eigenvalue weighted by atomic mass is 16.6. The van der Waals surface area contributed by atoms with Gasteiger partial charge >= 0.3 is 17.9 Å². The molecule has 0 unspecified atom stereocenters. The van der Waals surface area contributed by atoms with Crippen molar-refractivity contribution in [3.63, 3.8) is 0 Å². The highest BCUT2D eigenvalue weighted by molar-refractivity contribution is 5.91. The van der Waals surface area contributed by atoms with Crippen LogP contribution in [-0.2, 0) is 18.9 Å². The summed E-state index contributed by atoms with van der Waals surface area (Å²) in [6.07, 6.45) is -5.01. The summed E-state index contributed by atoms with van der Waals surface area (Å²) in [6, 6.07) is 26.5. The van der Waals surface area contributed by atoms with Crippen molar-refractivity contribution in [3.05, 3.63) is 108 Å². The van der Waals surface area contributed by atoms with Gasteiger partial charge in [0, 0.05) is 0 Å². The molecule has 1 heterocycles. The molecule has 1 saturated heterocycles. The third-order valence-electron chi connectivity index (χ3n) is 5.33. The Bertz CT molecular complexity index is 1210. The highest BCUT2D eigenvalue weighted by Crippen LogP contribution is 2.26. The molecular formula is C27H21NO7. The highest BCUT2D eigenvalue weighted by Gasteiger charge is 2.48. The molecule has 35 heavy (non-hydrogen) atoms. The summed E-state index contributed by atoms with van der Waals surface area (Å²) in [7, 11) is 0. The van der Waals surface area contributed by atoms with E-state index in [-0.39, 0.29) is 23.3 Å². The van der Waals surface area contributed by atoms with E-state index in [4.69, 9.17) is 18.9 Å². The summed E-state index contributed by atoms with van der Waals surface area (Å²) in [5.74, 6) is -2.14. The molecule has 176 valence electrons. The number of carbonyl (C=O) groups excluding carboxylic acids is 3. The molecular weight excluding hydrogens is 450 g/mol. The predicted molar refractivity (Wildman–Crippen MR) is 122 cm³/mol. The summed E-state index contributed by atoms with van der Waals surface area (Å²) >= 11 is 0. The monoisotopic (exact) mass is 471 g/mol. The zero-order valence-corrected chi connectivity index (χ0v) is 18.5. The molecule has 0 aliphatic carbocycles. The van der Waals surface area contributed by atoms with Crippen LogP contribution in [0.1, 0.15) is 31.1 Å². The summed E-state index contributed by atoms with van der Waals surface area (Å²) in [6.45, 7) is -0.233. The predicted octanol–water partition coefficient (Wildman–Crippen LogP) is 3.59. The maximum atomic E-state index is 12.9. The third-order valence-corrected chi connectivity index (χ3v) is 5.33. The van der Waals surface area contributed by atoms with Gasteiger partial charge in [0.15, 0.2) is 24.4 Å². The lowest BCUT2D eigenvalue weighted by Gasteiger charge is -2.38. The van der Waals surface area contributed by atoms with Crippen molar-refractivity contribution in [2.45, 2.75) is 24.4 Å². The largest absolute Gasteiger partial charge is 0.452 e. The van der Waals surface area contributed by atoms with Gasteiger partial charge in [-0.25, -0.2) is 14.4 Å². The maximum Gasteiger partial charge on any atom is 0.338 e. The van der Waals surface area contributed by atoms with Crippen LogP contribution in [0.15, 0.2) is 91.0 Å². The summed E-state index contributed by atoms with van der Waals surface area (Å²) in [4.78, 5) is 38.4. The molecule has 0 N–H and O–H groups in total. The lowest BCUT2D eigenvalue weighted by Crippen LogP contribution is -2.57. The Labute approximate surface area is 201 Å². The molecule has 1 fully saturated rings. The number of nitriles is 1. The Balaban J connectivity index is 1.62. The van der Waals surface area contributed by atoms with E-state index in [0.29, 0.717) is 0 Å². The van der Waals surface area contributed by atoms with Crippen LogP contribution in [0.4, 0.5) is 0 Å². The van der Waals surface area contributed by atoms with Crippen molar-refractivity contribution in [2.24, 2.45) is 0 Å². The first-order chi connectivity index (χ1) is 17.1. The maximum absolute atomic E-state index is 12.9. The van der Waals surface area contributed by atoms with Crippen molar-refractivity contribution in [2.75, 3.05) is 6.61 Å². The van der Waals surface area contributed by atoms with Crippen LogP contribution in [0.3, 0.4) is 0 Å². The van der Waals surface area contributed by atoms with Crippen molar-refractivity contribution < 1.29 is 33.3 Å². The minimum absolute atomic E-state index is 0.233. The average molecular weight is 471 g/mol. The number of nitrogens with zero attached hydrogens (tertiary/aromatic N) is 1. The van der Waals surface area contributed by atoms with Gasteiger partial charge in [0.1, 0.15) is 0 Å². The van der Waals surface area contributed by atoms with Gasteiger partial charge in [0.25, 0.3) is 0 Å². The second-order valence-corrected chi connectivity index (χ2v) is 7.66. The number of benzene rings is 3. The Hall–Kier alpha value is -4.48. The van der Waals surface area contributed by atoms with Crippen LogP contribution in [0.2, 0.25) is 0 Å². The van der Waals surface area contributed by atoms with Gasteiger partial charge in [0.05, 0.1) is 29.4 Å². The first-order valence-electron chi connectivity index (χ1n) is 10.9. The van der Waals surface area contributed by atoms with Crippen LogP contribution in [0.25, 0.3) is 0 Å². The standard InChI is InChI=1S/C27H21NO7/c28-16-21-23(34-26(30)19-12-6-2-7-13-19)24(35-27(31)20-14-8-3-9-15-20)22(17-32-21)33-25(29)18-10-4-1-5-11-18/h1-15,21-24H,17H2/t21-,22+,23-,24+/m0/s1. The zero-order valence-electron chi connectivity index (χ0n) is 18.5. The smallest absolute Gasteiger partial charge is 0.338 e. The van der Waals surface area contributed by atoms with Crippen LogP contribution in [-0.4, -0.2) is 48.9 Å². The molecule has 1 aliphatic heterocycles. The van der Waals surface area contributed by atoms with E-state index >= 15 is 0 Å². The van der Waals surface area contributed by atoms with E-state index in [0.717, 1.165) is 0 Å². The summed E-state index contributed by atoms with van der Waals surface area (Å²) < 4.78 is 22.4. The van der Waals surface area contributed by atoms with Crippen molar-refractivity contribution >= 4 is 17.9 Å². The van der Waals surface area contributed by atoms with Crippen molar-refractivity contribution in [1.29, 1.82) is 5.26 Å². The fraction of sp³-hybridized carbons (Fsp3) is 0.185. The Morgan fingerprint density at radius 2 is 1.06 bits per heavy atom. The quantitative estimate of drug-likeness (QED) is 0.396. The van der Waals surface area contributed by atoms with Crippen molar-refractivity contribution in [1.82, 2.24) is 0 Å². The van der Waals surface area contributed by atoms with E-state index < -0.39 is 42.3 Å². The Kier molecular flexibility index (Phi) is 7.50. The van der Waals surface area contributed by atoms with Gasteiger partial charge in [-0.2, -0.15) is 5.26 Å². The molecule has 0 radical (unpaired) electrons. The molecule has 4 atom stereocenters.